The fourth-order valence-electron chi connectivity index (χ4n) is 2.04. The van der Waals surface area contributed by atoms with Crippen molar-refractivity contribution in [3.05, 3.63) is 47.1 Å². The van der Waals surface area contributed by atoms with Crippen LogP contribution in [0.25, 0.3) is 4.96 Å². The molecular weight excluding hydrogens is 312 g/mol. The Kier molecular flexibility index (Phi) is 3.97. The van der Waals surface area contributed by atoms with Gasteiger partial charge in [-0.1, -0.05) is 11.8 Å². The van der Waals surface area contributed by atoms with E-state index in [1.807, 2.05) is 22.9 Å². The van der Waals surface area contributed by atoms with Crippen LogP contribution in [0, 0.1) is 11.6 Å². The molecule has 1 unspecified atom stereocenters. The van der Waals surface area contributed by atoms with E-state index in [0.717, 1.165) is 34.5 Å². The summed E-state index contributed by atoms with van der Waals surface area (Å²) in [5.74, 6) is -0.918. The van der Waals surface area contributed by atoms with Gasteiger partial charge < -0.3 is 5.73 Å². The minimum atomic E-state index is -0.464. The van der Waals surface area contributed by atoms with E-state index in [9.17, 15) is 8.78 Å². The molecule has 2 N–H and O–H groups in total. The molecule has 0 fully saturated rings. The molecule has 110 valence electrons. The molecule has 2 heterocycles. The van der Waals surface area contributed by atoms with Crippen LogP contribution >= 0.6 is 23.1 Å². The molecule has 3 aromatic rings. The lowest BCUT2D eigenvalue weighted by molar-refractivity contribution is 0.577. The summed E-state index contributed by atoms with van der Waals surface area (Å²) in [6.45, 7) is 1.91. The lowest BCUT2D eigenvalue weighted by Crippen LogP contribution is -2.19. The molecule has 3 rings (SSSR count). The van der Waals surface area contributed by atoms with Crippen LogP contribution in [-0.4, -0.2) is 15.4 Å². The summed E-state index contributed by atoms with van der Waals surface area (Å²) in [5.41, 5.74) is 6.80. The second kappa shape index (κ2) is 5.75. The van der Waals surface area contributed by atoms with Crippen LogP contribution < -0.4 is 5.73 Å². The van der Waals surface area contributed by atoms with E-state index in [1.54, 1.807) is 0 Å². The van der Waals surface area contributed by atoms with Gasteiger partial charge in [0.1, 0.15) is 16.7 Å². The van der Waals surface area contributed by atoms with Gasteiger partial charge in [0.25, 0.3) is 0 Å². The van der Waals surface area contributed by atoms with E-state index in [2.05, 4.69) is 4.98 Å². The molecule has 0 aliphatic heterocycles. The third-order valence-corrected chi connectivity index (χ3v) is 4.75. The average Bonchev–Trinajstić information content (AvgIpc) is 2.97. The first kappa shape index (κ1) is 14.5. The average molecular weight is 325 g/mol. The summed E-state index contributed by atoms with van der Waals surface area (Å²) in [7, 11) is 0. The Hall–Kier alpha value is -1.44. The predicted molar refractivity (Wildman–Crippen MR) is 80.9 cm³/mol. The maximum Gasteiger partial charge on any atom is 0.194 e. The molecule has 21 heavy (non-hydrogen) atoms. The van der Waals surface area contributed by atoms with Gasteiger partial charge in [-0.2, -0.15) is 0 Å². The Balaban J connectivity index is 2.03. The van der Waals surface area contributed by atoms with Gasteiger partial charge in [-0.25, -0.2) is 13.8 Å². The molecule has 0 radical (unpaired) electrons. The van der Waals surface area contributed by atoms with Gasteiger partial charge in [0.2, 0.25) is 0 Å². The Bertz CT molecular complexity index is 780. The van der Waals surface area contributed by atoms with Gasteiger partial charge in [0.15, 0.2) is 4.96 Å². The lowest BCUT2D eigenvalue weighted by atomic mass is 10.2. The van der Waals surface area contributed by atoms with Crippen molar-refractivity contribution < 1.29 is 8.78 Å². The number of halogens is 2. The first-order chi connectivity index (χ1) is 10.0. The SMILES string of the molecule is CC(N)Cc1c(Sc2cc(F)ccc2F)nc2sccn12. The summed E-state index contributed by atoms with van der Waals surface area (Å²) in [6, 6.07) is 3.37. The molecule has 0 amide bonds. The van der Waals surface area contributed by atoms with E-state index < -0.39 is 11.6 Å². The lowest BCUT2D eigenvalue weighted by Gasteiger charge is -2.07. The van der Waals surface area contributed by atoms with Crippen LogP contribution in [-0.2, 0) is 6.42 Å². The molecule has 0 aliphatic rings. The van der Waals surface area contributed by atoms with Crippen molar-refractivity contribution in [3.8, 4) is 0 Å². The maximum atomic E-state index is 13.8. The highest BCUT2D eigenvalue weighted by molar-refractivity contribution is 7.99. The molecule has 0 aliphatic carbocycles. The Labute approximate surface area is 128 Å². The molecule has 1 atom stereocenters. The van der Waals surface area contributed by atoms with Crippen molar-refractivity contribution in [2.24, 2.45) is 5.73 Å². The highest BCUT2D eigenvalue weighted by Gasteiger charge is 2.17. The van der Waals surface area contributed by atoms with Crippen LogP contribution in [0.5, 0.6) is 0 Å². The Morgan fingerprint density at radius 3 is 3.00 bits per heavy atom. The van der Waals surface area contributed by atoms with E-state index in [-0.39, 0.29) is 10.9 Å². The van der Waals surface area contributed by atoms with Gasteiger partial charge in [0, 0.05) is 24.0 Å². The summed E-state index contributed by atoms with van der Waals surface area (Å²) < 4.78 is 29.0. The standard InChI is InChI=1S/C14H13F2N3S2/c1-8(17)6-11-13(18-14-19(11)4-5-20-14)21-12-7-9(15)2-3-10(12)16/h2-5,7-8H,6,17H2,1H3. The number of nitrogens with zero attached hydrogens (tertiary/aromatic N) is 2. The molecular formula is C14H13F2N3S2. The van der Waals surface area contributed by atoms with Gasteiger partial charge >= 0.3 is 0 Å². The summed E-state index contributed by atoms with van der Waals surface area (Å²) in [5, 5.41) is 2.60. The van der Waals surface area contributed by atoms with E-state index in [0.29, 0.717) is 11.4 Å². The van der Waals surface area contributed by atoms with Gasteiger partial charge in [-0.3, -0.25) is 4.40 Å². The third-order valence-electron chi connectivity index (χ3n) is 2.94. The van der Waals surface area contributed by atoms with Crippen molar-refractivity contribution in [3.63, 3.8) is 0 Å². The number of imidazole rings is 1. The molecule has 7 heteroatoms. The first-order valence-corrected chi connectivity index (χ1v) is 8.07. The van der Waals surface area contributed by atoms with Crippen LogP contribution in [0.3, 0.4) is 0 Å². The van der Waals surface area contributed by atoms with Crippen LogP contribution in [0.1, 0.15) is 12.6 Å². The quantitative estimate of drug-likeness (QED) is 0.795. The van der Waals surface area contributed by atoms with Crippen LogP contribution in [0.4, 0.5) is 8.78 Å². The highest BCUT2D eigenvalue weighted by atomic mass is 32.2. The van der Waals surface area contributed by atoms with Crippen LogP contribution in [0.2, 0.25) is 0 Å². The largest absolute Gasteiger partial charge is 0.328 e. The molecule has 3 nitrogen and oxygen atoms in total. The number of nitrogens with two attached hydrogens (primary N) is 1. The summed E-state index contributed by atoms with van der Waals surface area (Å²) in [4.78, 5) is 5.54. The normalized spacial score (nSPS) is 13.0. The second-order valence-electron chi connectivity index (χ2n) is 4.78. The predicted octanol–water partition coefficient (Wildman–Crippen LogP) is 3.71. The van der Waals surface area contributed by atoms with Crippen molar-refractivity contribution in [1.82, 2.24) is 9.38 Å². The summed E-state index contributed by atoms with van der Waals surface area (Å²) >= 11 is 2.63. The molecule has 1 aromatic carbocycles. The van der Waals surface area contributed by atoms with Crippen molar-refractivity contribution in [2.75, 3.05) is 0 Å². The number of rotatable bonds is 4. The fourth-order valence-corrected chi connectivity index (χ4v) is 3.81. The van der Waals surface area contributed by atoms with Crippen molar-refractivity contribution in [1.29, 1.82) is 0 Å². The molecule has 0 saturated heterocycles. The second-order valence-corrected chi connectivity index (χ2v) is 6.68. The number of thiazole rings is 1. The van der Waals surface area contributed by atoms with Gasteiger partial charge in [-0.05, 0) is 25.1 Å². The monoisotopic (exact) mass is 325 g/mol. The number of hydrogen-bond acceptors (Lipinski definition) is 4. The van der Waals surface area contributed by atoms with Crippen molar-refractivity contribution in [2.45, 2.75) is 29.3 Å². The maximum absolute atomic E-state index is 13.8. The molecule has 0 saturated carbocycles. The Morgan fingerprint density at radius 2 is 2.24 bits per heavy atom. The Morgan fingerprint density at radius 1 is 1.43 bits per heavy atom. The topological polar surface area (TPSA) is 43.3 Å². The van der Waals surface area contributed by atoms with E-state index in [1.165, 1.54) is 17.4 Å². The van der Waals surface area contributed by atoms with Gasteiger partial charge in [0.05, 0.1) is 10.6 Å². The minimum Gasteiger partial charge on any atom is -0.328 e. The highest BCUT2D eigenvalue weighted by Crippen LogP contribution is 2.34. The van der Waals surface area contributed by atoms with E-state index in [4.69, 9.17) is 5.73 Å². The van der Waals surface area contributed by atoms with Crippen molar-refractivity contribution >= 4 is 28.1 Å². The zero-order chi connectivity index (χ0) is 15.0. The van der Waals surface area contributed by atoms with Crippen LogP contribution in [0.15, 0.2) is 39.7 Å². The van der Waals surface area contributed by atoms with Gasteiger partial charge in [-0.15, -0.1) is 11.3 Å². The zero-order valence-corrected chi connectivity index (χ0v) is 12.8. The van der Waals surface area contributed by atoms with E-state index >= 15 is 0 Å². The smallest absolute Gasteiger partial charge is 0.194 e. The minimum absolute atomic E-state index is 0.0403. The fraction of sp³-hybridized carbons (Fsp3) is 0.214. The molecule has 0 bridgehead atoms. The summed E-state index contributed by atoms with van der Waals surface area (Å²) in [6.07, 6.45) is 2.54. The number of benzene rings is 1. The number of hydrogen-bond donors (Lipinski definition) is 1. The third kappa shape index (κ3) is 2.95. The molecule has 2 aromatic heterocycles. The number of fused-ring (bicyclic) bond motifs is 1. The number of aromatic nitrogens is 2. The molecule has 0 spiro atoms. The zero-order valence-electron chi connectivity index (χ0n) is 11.2. The first-order valence-electron chi connectivity index (χ1n) is 6.37.